The van der Waals surface area contributed by atoms with Crippen LogP contribution in [0.3, 0.4) is 0 Å². The maximum absolute atomic E-state index is 12.5. The van der Waals surface area contributed by atoms with Crippen LogP contribution in [0.4, 0.5) is 13.6 Å². The quantitative estimate of drug-likeness (QED) is 0.774. The first-order valence-corrected chi connectivity index (χ1v) is 8.12. The summed E-state index contributed by atoms with van der Waals surface area (Å²) >= 11 is 6.09. The topological polar surface area (TPSA) is 50.8 Å². The molecule has 0 saturated carbocycles. The van der Waals surface area contributed by atoms with Crippen molar-refractivity contribution in [2.24, 2.45) is 0 Å². The lowest BCUT2D eigenvalue weighted by Gasteiger charge is -2.19. The molecule has 5 nitrogen and oxygen atoms in total. The van der Waals surface area contributed by atoms with Crippen LogP contribution < -0.4 is 14.8 Å². The molecule has 2 aromatic carbocycles. The fraction of sp³-hybridized carbons (Fsp3) is 0.278. The van der Waals surface area contributed by atoms with Gasteiger partial charge in [-0.3, -0.25) is 0 Å². The number of nitrogens with zero attached hydrogens (tertiary/aromatic N) is 1. The third-order valence-corrected chi connectivity index (χ3v) is 3.97. The van der Waals surface area contributed by atoms with E-state index in [2.05, 4.69) is 10.1 Å². The molecule has 0 atom stereocenters. The average molecular weight is 385 g/mol. The van der Waals surface area contributed by atoms with Crippen molar-refractivity contribution in [3.63, 3.8) is 0 Å². The van der Waals surface area contributed by atoms with E-state index in [4.69, 9.17) is 16.3 Å². The van der Waals surface area contributed by atoms with Gasteiger partial charge in [0.1, 0.15) is 0 Å². The lowest BCUT2D eigenvalue weighted by molar-refractivity contribution is -0.0512. The Labute approximate surface area is 155 Å². The smallest absolute Gasteiger partial charge is 0.387 e. The zero-order valence-corrected chi connectivity index (χ0v) is 15.1. The molecule has 0 unspecified atom stereocenters. The maximum atomic E-state index is 12.5. The summed E-state index contributed by atoms with van der Waals surface area (Å²) in [6, 6.07) is 11.5. The summed E-state index contributed by atoms with van der Waals surface area (Å²) in [5.41, 5.74) is 1.42. The number of halogens is 3. The Morgan fingerprint density at radius 2 is 1.96 bits per heavy atom. The van der Waals surface area contributed by atoms with Crippen LogP contribution in [-0.2, 0) is 13.1 Å². The lowest BCUT2D eigenvalue weighted by Crippen LogP contribution is -2.36. The standard InChI is InChI=1S/C18H19ClF2N2O3/c1-23(11-13-5-3-4-6-14(13)19)18(24)22-10-12-7-8-15(25-2)16(9-12)26-17(20)21/h3-9,17H,10-11H2,1-2H3,(H,22,24). The Balaban J connectivity index is 1.97. The molecule has 26 heavy (non-hydrogen) atoms. The van der Waals surface area contributed by atoms with E-state index in [1.54, 1.807) is 19.2 Å². The van der Waals surface area contributed by atoms with E-state index in [-0.39, 0.29) is 24.1 Å². The third kappa shape index (κ3) is 5.49. The predicted molar refractivity (Wildman–Crippen MR) is 94.8 cm³/mol. The fourth-order valence-electron chi connectivity index (χ4n) is 2.29. The Morgan fingerprint density at radius 1 is 1.23 bits per heavy atom. The van der Waals surface area contributed by atoms with Crippen LogP contribution >= 0.6 is 11.6 Å². The Kier molecular flexibility index (Phi) is 7.03. The molecule has 0 radical (unpaired) electrons. The number of methoxy groups -OCH3 is 1. The molecule has 0 heterocycles. The minimum absolute atomic E-state index is 0.0846. The lowest BCUT2D eigenvalue weighted by atomic mass is 10.2. The Morgan fingerprint density at radius 3 is 2.62 bits per heavy atom. The zero-order chi connectivity index (χ0) is 19.1. The highest BCUT2D eigenvalue weighted by Crippen LogP contribution is 2.29. The second-order valence-corrected chi connectivity index (χ2v) is 5.88. The molecule has 140 valence electrons. The number of amides is 2. The minimum atomic E-state index is -2.96. The average Bonchev–Trinajstić information content (AvgIpc) is 2.61. The highest BCUT2D eigenvalue weighted by atomic mass is 35.5. The van der Waals surface area contributed by atoms with Crippen molar-refractivity contribution >= 4 is 17.6 Å². The summed E-state index contributed by atoms with van der Waals surface area (Å²) in [5, 5.41) is 3.30. The van der Waals surface area contributed by atoms with Gasteiger partial charge in [0.15, 0.2) is 11.5 Å². The molecule has 0 aromatic heterocycles. The molecule has 8 heteroatoms. The number of ether oxygens (including phenoxy) is 2. The largest absolute Gasteiger partial charge is 0.493 e. The summed E-state index contributed by atoms with van der Waals surface area (Å²) in [7, 11) is 3.00. The zero-order valence-electron chi connectivity index (χ0n) is 14.3. The van der Waals surface area contributed by atoms with Gasteiger partial charge < -0.3 is 19.7 Å². The van der Waals surface area contributed by atoms with E-state index in [9.17, 15) is 13.6 Å². The van der Waals surface area contributed by atoms with Crippen molar-refractivity contribution < 1.29 is 23.0 Å². The summed E-state index contributed by atoms with van der Waals surface area (Å²) in [5.74, 6) is 0.106. The van der Waals surface area contributed by atoms with Gasteiger partial charge in [-0.25, -0.2) is 4.79 Å². The SMILES string of the molecule is COc1ccc(CNC(=O)N(C)Cc2ccccc2Cl)cc1OC(F)F. The van der Waals surface area contributed by atoms with E-state index in [0.29, 0.717) is 17.1 Å². The number of alkyl halides is 2. The molecular weight excluding hydrogens is 366 g/mol. The molecule has 0 aliphatic carbocycles. The molecule has 2 aromatic rings. The van der Waals surface area contributed by atoms with Crippen LogP contribution in [0.25, 0.3) is 0 Å². The molecule has 2 amide bonds. The molecule has 1 N–H and O–H groups in total. The third-order valence-electron chi connectivity index (χ3n) is 3.60. The van der Waals surface area contributed by atoms with Crippen LogP contribution in [0.2, 0.25) is 5.02 Å². The Bertz CT molecular complexity index is 759. The number of carbonyl (C=O) groups is 1. The summed E-state index contributed by atoms with van der Waals surface area (Å²) in [4.78, 5) is 13.7. The number of urea groups is 1. The molecule has 0 bridgehead atoms. The number of hydrogen-bond donors (Lipinski definition) is 1. The minimum Gasteiger partial charge on any atom is -0.493 e. The van der Waals surface area contributed by atoms with Gasteiger partial charge in [0.2, 0.25) is 0 Å². The van der Waals surface area contributed by atoms with Crippen molar-refractivity contribution in [3.05, 3.63) is 58.6 Å². The monoisotopic (exact) mass is 384 g/mol. The first kappa shape index (κ1) is 19.8. The first-order valence-electron chi connectivity index (χ1n) is 7.74. The van der Waals surface area contributed by atoms with E-state index in [1.807, 2.05) is 18.2 Å². The summed E-state index contributed by atoms with van der Waals surface area (Å²) in [6.45, 7) is -2.47. The van der Waals surface area contributed by atoms with Gasteiger partial charge in [0, 0.05) is 25.2 Å². The van der Waals surface area contributed by atoms with Crippen LogP contribution in [0.1, 0.15) is 11.1 Å². The van der Waals surface area contributed by atoms with Crippen molar-refractivity contribution in [1.29, 1.82) is 0 Å². The van der Waals surface area contributed by atoms with Gasteiger partial charge in [-0.05, 0) is 29.3 Å². The van der Waals surface area contributed by atoms with E-state index in [1.165, 1.54) is 24.1 Å². The normalized spacial score (nSPS) is 10.5. The van der Waals surface area contributed by atoms with Gasteiger partial charge in [0.25, 0.3) is 0 Å². The van der Waals surface area contributed by atoms with Gasteiger partial charge in [-0.1, -0.05) is 35.9 Å². The van der Waals surface area contributed by atoms with Crippen LogP contribution in [-0.4, -0.2) is 31.7 Å². The molecule has 0 saturated heterocycles. The first-order chi connectivity index (χ1) is 12.4. The van der Waals surface area contributed by atoms with E-state index < -0.39 is 6.61 Å². The van der Waals surface area contributed by atoms with Crippen LogP contribution in [0.15, 0.2) is 42.5 Å². The highest BCUT2D eigenvalue weighted by molar-refractivity contribution is 6.31. The second kappa shape index (κ2) is 9.24. The molecule has 0 fully saturated rings. The van der Waals surface area contributed by atoms with Gasteiger partial charge >= 0.3 is 12.6 Å². The van der Waals surface area contributed by atoms with Crippen molar-refractivity contribution in [2.45, 2.75) is 19.7 Å². The summed E-state index contributed by atoms with van der Waals surface area (Å²) < 4.78 is 34.3. The van der Waals surface area contributed by atoms with Crippen molar-refractivity contribution in [2.75, 3.05) is 14.2 Å². The van der Waals surface area contributed by atoms with E-state index >= 15 is 0 Å². The van der Waals surface area contributed by atoms with Gasteiger partial charge in [-0.15, -0.1) is 0 Å². The van der Waals surface area contributed by atoms with Crippen molar-refractivity contribution in [1.82, 2.24) is 10.2 Å². The molecular formula is C18H19ClF2N2O3. The van der Waals surface area contributed by atoms with Crippen molar-refractivity contribution in [3.8, 4) is 11.5 Å². The summed E-state index contributed by atoms with van der Waals surface area (Å²) in [6.07, 6.45) is 0. The molecule has 0 aliphatic rings. The van der Waals surface area contributed by atoms with Gasteiger partial charge in [-0.2, -0.15) is 8.78 Å². The second-order valence-electron chi connectivity index (χ2n) is 5.47. The Hall–Kier alpha value is -2.54. The number of carbonyl (C=O) groups excluding carboxylic acids is 1. The number of nitrogens with one attached hydrogen (secondary N) is 1. The number of hydrogen-bond acceptors (Lipinski definition) is 3. The molecule has 0 spiro atoms. The maximum Gasteiger partial charge on any atom is 0.387 e. The van der Waals surface area contributed by atoms with Crippen LogP contribution in [0.5, 0.6) is 11.5 Å². The number of benzene rings is 2. The highest BCUT2D eigenvalue weighted by Gasteiger charge is 2.13. The van der Waals surface area contributed by atoms with Crippen LogP contribution in [0, 0.1) is 0 Å². The fourth-order valence-corrected chi connectivity index (χ4v) is 2.48. The van der Waals surface area contributed by atoms with Gasteiger partial charge in [0.05, 0.1) is 7.11 Å². The predicted octanol–water partition coefficient (Wildman–Crippen LogP) is 4.29. The molecule has 0 aliphatic heterocycles. The number of rotatable bonds is 7. The molecule has 2 rings (SSSR count). The van der Waals surface area contributed by atoms with E-state index in [0.717, 1.165) is 5.56 Å².